The van der Waals surface area contributed by atoms with E-state index in [1.165, 1.54) is 10.4 Å². The zero-order valence-electron chi connectivity index (χ0n) is 16.4. The Morgan fingerprint density at radius 3 is 2.59 bits per heavy atom. The van der Waals surface area contributed by atoms with E-state index >= 15 is 0 Å². The lowest BCUT2D eigenvalue weighted by atomic mass is 10.1. The van der Waals surface area contributed by atoms with Gasteiger partial charge in [0.15, 0.2) is 0 Å². The summed E-state index contributed by atoms with van der Waals surface area (Å²) in [6, 6.07) is 10.1. The van der Waals surface area contributed by atoms with Gasteiger partial charge in [0.25, 0.3) is 5.91 Å². The first-order valence-corrected chi connectivity index (χ1v) is 10.3. The first-order valence-electron chi connectivity index (χ1n) is 9.43. The van der Waals surface area contributed by atoms with Crippen LogP contribution in [0.15, 0.2) is 35.7 Å². The fourth-order valence-electron chi connectivity index (χ4n) is 3.56. The zero-order valence-corrected chi connectivity index (χ0v) is 17.2. The average molecular weight is 388 g/mol. The Hall–Kier alpha value is -1.73. The maximum absolute atomic E-state index is 12.9. The van der Waals surface area contributed by atoms with Crippen molar-refractivity contribution < 1.29 is 9.90 Å². The molecule has 2 aromatic rings. The molecule has 3 rings (SSSR count). The second kappa shape index (κ2) is 8.97. The van der Waals surface area contributed by atoms with E-state index in [-0.39, 0.29) is 12.0 Å². The number of amides is 1. The minimum absolute atomic E-state index is 0.0968. The largest absolute Gasteiger partial charge is 0.390 e. The Labute approximate surface area is 165 Å². The highest BCUT2D eigenvalue weighted by atomic mass is 32.1. The van der Waals surface area contributed by atoms with Crippen LogP contribution in [0.5, 0.6) is 0 Å². The summed E-state index contributed by atoms with van der Waals surface area (Å²) >= 11 is 1.71. The molecule has 0 aliphatic carbocycles. The van der Waals surface area contributed by atoms with Gasteiger partial charge in [-0.3, -0.25) is 9.69 Å². The quantitative estimate of drug-likeness (QED) is 0.827. The van der Waals surface area contributed by atoms with Gasteiger partial charge in [0.1, 0.15) is 0 Å². The van der Waals surface area contributed by atoms with Crippen molar-refractivity contribution >= 4 is 17.2 Å². The minimum Gasteiger partial charge on any atom is -0.390 e. The summed E-state index contributed by atoms with van der Waals surface area (Å²) < 4.78 is 0. The number of hydrogen-bond acceptors (Lipinski definition) is 5. The molecule has 1 N–H and O–H groups in total. The van der Waals surface area contributed by atoms with Crippen molar-refractivity contribution in [3.63, 3.8) is 0 Å². The normalized spacial score (nSPS) is 16.7. The topological polar surface area (TPSA) is 47.0 Å². The van der Waals surface area contributed by atoms with Gasteiger partial charge in [0.2, 0.25) is 0 Å². The molecule has 6 heteroatoms. The van der Waals surface area contributed by atoms with Crippen molar-refractivity contribution in [1.29, 1.82) is 0 Å². The highest BCUT2D eigenvalue weighted by Crippen LogP contribution is 2.29. The van der Waals surface area contributed by atoms with Crippen molar-refractivity contribution in [2.24, 2.45) is 0 Å². The number of carbonyl (C=O) groups excluding carboxylic acids is 1. The molecule has 0 radical (unpaired) electrons. The summed E-state index contributed by atoms with van der Waals surface area (Å²) in [5, 5.41) is 12.2. The van der Waals surface area contributed by atoms with Crippen molar-refractivity contribution in [3.8, 4) is 10.4 Å². The van der Waals surface area contributed by atoms with Gasteiger partial charge in [0.05, 0.1) is 6.10 Å². The number of benzene rings is 1. The van der Waals surface area contributed by atoms with E-state index in [0.717, 1.165) is 24.2 Å². The third-order valence-corrected chi connectivity index (χ3v) is 6.00. The number of aliphatic hydroxyl groups is 1. The molecular weight excluding hydrogens is 358 g/mol. The molecule has 1 aliphatic heterocycles. The molecule has 1 aliphatic rings. The van der Waals surface area contributed by atoms with Crippen LogP contribution in [0, 0.1) is 6.92 Å². The predicted octanol–water partition coefficient (Wildman–Crippen LogP) is 2.40. The van der Waals surface area contributed by atoms with Crippen LogP contribution in [0.1, 0.15) is 15.9 Å². The summed E-state index contributed by atoms with van der Waals surface area (Å²) in [5.41, 5.74) is 3.11. The lowest BCUT2D eigenvalue weighted by molar-refractivity contribution is 0.0479. The predicted molar refractivity (Wildman–Crippen MR) is 111 cm³/mol. The molecule has 1 atom stereocenters. The van der Waals surface area contributed by atoms with Crippen LogP contribution in [0.25, 0.3) is 10.4 Å². The number of aryl methyl sites for hydroxylation is 1. The smallest absolute Gasteiger partial charge is 0.253 e. The Morgan fingerprint density at radius 2 is 1.96 bits per heavy atom. The number of thiophene rings is 1. The SMILES string of the molecule is Cc1ccsc1-c1cccc(C(=O)N2CCN(C[C@H](O)CN(C)C)CC2)c1. The fraction of sp³-hybridized carbons (Fsp3) is 0.476. The maximum atomic E-state index is 12.9. The Kier molecular flexibility index (Phi) is 6.65. The molecule has 1 aromatic heterocycles. The monoisotopic (exact) mass is 387 g/mol. The standard InChI is InChI=1S/C21H29N3O2S/c1-16-7-12-27-20(16)17-5-4-6-18(13-17)21(26)24-10-8-23(9-11-24)15-19(25)14-22(2)3/h4-7,12-13,19,25H,8-11,14-15H2,1-3H3/t19-/m1/s1. The number of rotatable bonds is 6. The molecule has 0 saturated carbocycles. The fourth-order valence-corrected chi connectivity index (χ4v) is 4.48. The number of nitrogens with zero attached hydrogens (tertiary/aromatic N) is 3. The number of piperazine rings is 1. The van der Waals surface area contributed by atoms with Gasteiger partial charge in [0, 0.05) is 49.7 Å². The molecule has 146 valence electrons. The first kappa shape index (κ1) is 20.0. The summed E-state index contributed by atoms with van der Waals surface area (Å²) in [5.74, 6) is 0.0968. The molecule has 1 fully saturated rings. The third-order valence-electron chi connectivity index (χ3n) is 4.94. The highest BCUT2D eigenvalue weighted by Gasteiger charge is 2.23. The first-order chi connectivity index (χ1) is 12.9. The number of β-amino-alcohol motifs (C(OH)–C–C–N with tert-alkyl or cyclic N) is 1. The Balaban J connectivity index is 1.59. The molecule has 5 nitrogen and oxygen atoms in total. The second-order valence-corrected chi connectivity index (χ2v) is 8.44. The third kappa shape index (κ3) is 5.17. The average Bonchev–Trinajstić information content (AvgIpc) is 3.07. The lowest BCUT2D eigenvalue weighted by Gasteiger charge is -2.36. The number of likely N-dealkylation sites (N-methyl/N-ethyl adjacent to an activating group) is 1. The van der Waals surface area contributed by atoms with Crippen LogP contribution in [-0.2, 0) is 0 Å². The zero-order chi connectivity index (χ0) is 19.4. The van der Waals surface area contributed by atoms with Crippen LogP contribution >= 0.6 is 11.3 Å². The molecule has 0 spiro atoms. The summed E-state index contributed by atoms with van der Waals surface area (Å²) in [6.07, 6.45) is -0.354. The van der Waals surface area contributed by atoms with Gasteiger partial charge in [-0.1, -0.05) is 12.1 Å². The van der Waals surface area contributed by atoms with Crippen LogP contribution < -0.4 is 0 Å². The van der Waals surface area contributed by atoms with E-state index in [1.807, 2.05) is 42.1 Å². The molecule has 1 aromatic carbocycles. The summed E-state index contributed by atoms with van der Waals surface area (Å²) in [7, 11) is 3.93. The van der Waals surface area contributed by atoms with Gasteiger partial charge in [-0.05, 0) is 55.7 Å². The van der Waals surface area contributed by atoms with E-state index in [9.17, 15) is 9.90 Å². The Morgan fingerprint density at radius 1 is 1.22 bits per heavy atom. The van der Waals surface area contributed by atoms with E-state index in [1.54, 1.807) is 11.3 Å². The van der Waals surface area contributed by atoms with Crippen molar-refractivity contribution in [2.45, 2.75) is 13.0 Å². The van der Waals surface area contributed by atoms with Crippen molar-refractivity contribution in [2.75, 3.05) is 53.4 Å². The molecule has 27 heavy (non-hydrogen) atoms. The lowest BCUT2D eigenvalue weighted by Crippen LogP contribution is -2.51. The Bertz CT molecular complexity index is 766. The van der Waals surface area contributed by atoms with E-state index in [4.69, 9.17) is 0 Å². The van der Waals surface area contributed by atoms with Crippen LogP contribution in [0.4, 0.5) is 0 Å². The van der Waals surface area contributed by atoms with E-state index in [0.29, 0.717) is 26.2 Å². The number of aliphatic hydroxyl groups excluding tert-OH is 1. The van der Waals surface area contributed by atoms with Crippen LogP contribution in [-0.4, -0.2) is 85.2 Å². The molecule has 2 heterocycles. The van der Waals surface area contributed by atoms with Gasteiger partial charge in [-0.2, -0.15) is 0 Å². The van der Waals surface area contributed by atoms with E-state index < -0.39 is 0 Å². The van der Waals surface area contributed by atoms with Gasteiger partial charge < -0.3 is 14.9 Å². The molecular formula is C21H29N3O2S. The van der Waals surface area contributed by atoms with Gasteiger partial charge in [-0.25, -0.2) is 0 Å². The van der Waals surface area contributed by atoms with E-state index in [2.05, 4.69) is 29.3 Å². The molecule has 1 amide bonds. The summed E-state index contributed by atoms with van der Waals surface area (Å²) in [6.45, 7) is 6.44. The van der Waals surface area contributed by atoms with Gasteiger partial charge >= 0.3 is 0 Å². The van der Waals surface area contributed by atoms with Crippen molar-refractivity contribution in [1.82, 2.24) is 14.7 Å². The molecule has 1 saturated heterocycles. The van der Waals surface area contributed by atoms with Crippen LogP contribution in [0.3, 0.4) is 0 Å². The summed E-state index contributed by atoms with van der Waals surface area (Å²) in [4.78, 5) is 20.3. The maximum Gasteiger partial charge on any atom is 0.253 e. The van der Waals surface area contributed by atoms with Gasteiger partial charge in [-0.15, -0.1) is 11.3 Å². The van der Waals surface area contributed by atoms with Crippen LogP contribution in [0.2, 0.25) is 0 Å². The second-order valence-electron chi connectivity index (χ2n) is 7.52. The molecule has 0 bridgehead atoms. The number of hydrogen-bond donors (Lipinski definition) is 1. The number of carbonyl (C=O) groups is 1. The van der Waals surface area contributed by atoms with Crippen molar-refractivity contribution in [3.05, 3.63) is 46.8 Å². The highest BCUT2D eigenvalue weighted by molar-refractivity contribution is 7.13. The molecule has 0 unspecified atom stereocenters. The minimum atomic E-state index is -0.354.